The molecular formula is C21H34FNO2. The second-order valence-corrected chi connectivity index (χ2v) is 9.93. The summed E-state index contributed by atoms with van der Waals surface area (Å²) in [5, 5.41) is 22.1. The summed E-state index contributed by atoms with van der Waals surface area (Å²) in [6, 6.07) is 0.139. The number of halogens is 1. The number of allylic oxidation sites excluding steroid dienone is 2. The summed E-state index contributed by atoms with van der Waals surface area (Å²) >= 11 is 0. The van der Waals surface area contributed by atoms with Crippen LogP contribution in [0.2, 0.25) is 0 Å². The Morgan fingerprint density at radius 3 is 2.44 bits per heavy atom. The number of rotatable bonds is 0. The number of hydrogen-bond acceptors (Lipinski definition) is 3. The Morgan fingerprint density at radius 1 is 1.04 bits per heavy atom. The van der Waals surface area contributed by atoms with Gasteiger partial charge in [-0.1, -0.05) is 13.8 Å². The molecule has 142 valence electrons. The molecule has 3 nitrogen and oxygen atoms in total. The Labute approximate surface area is 150 Å². The minimum atomic E-state index is -0.697. The molecule has 9 atom stereocenters. The second kappa shape index (κ2) is 5.77. The zero-order valence-electron chi connectivity index (χ0n) is 15.8. The van der Waals surface area contributed by atoms with E-state index in [0.29, 0.717) is 5.92 Å². The Bertz CT molecular complexity index is 588. The summed E-state index contributed by atoms with van der Waals surface area (Å²) in [5.41, 5.74) is 7.07. The topological polar surface area (TPSA) is 66.5 Å². The molecule has 25 heavy (non-hydrogen) atoms. The van der Waals surface area contributed by atoms with E-state index < -0.39 is 12.2 Å². The van der Waals surface area contributed by atoms with Crippen molar-refractivity contribution < 1.29 is 14.6 Å². The highest BCUT2D eigenvalue weighted by Gasteiger charge is 2.64. The van der Waals surface area contributed by atoms with Crippen molar-refractivity contribution in [3.05, 3.63) is 11.4 Å². The lowest BCUT2D eigenvalue weighted by Crippen LogP contribution is -2.64. The third-order valence-corrected chi connectivity index (χ3v) is 8.99. The molecule has 0 saturated heterocycles. The lowest BCUT2D eigenvalue weighted by molar-refractivity contribution is -0.210. The first-order valence-corrected chi connectivity index (χ1v) is 10.2. The first-order valence-electron chi connectivity index (χ1n) is 10.2. The normalized spacial score (nSPS) is 57.5. The quantitative estimate of drug-likeness (QED) is 0.625. The number of fused-ring (bicyclic) bond motifs is 5. The van der Waals surface area contributed by atoms with Crippen LogP contribution in [0.15, 0.2) is 11.4 Å². The third-order valence-electron chi connectivity index (χ3n) is 8.99. The van der Waals surface area contributed by atoms with E-state index in [1.165, 1.54) is 0 Å². The van der Waals surface area contributed by atoms with Gasteiger partial charge in [-0.2, -0.15) is 0 Å². The van der Waals surface area contributed by atoms with E-state index in [1.54, 1.807) is 6.92 Å². The van der Waals surface area contributed by atoms with E-state index in [4.69, 9.17) is 5.73 Å². The SMILES string of the molecule is C/C(F)=C1/CCC2C3C(CC[C@]12C)[C@@]1(C)CC[C@@H](N)CC1C(O)[C@@H]3O. The lowest BCUT2D eigenvalue weighted by Gasteiger charge is -2.63. The maximum absolute atomic E-state index is 14.2. The molecule has 0 aromatic heterocycles. The van der Waals surface area contributed by atoms with Crippen molar-refractivity contribution in [2.75, 3.05) is 0 Å². The van der Waals surface area contributed by atoms with Crippen molar-refractivity contribution in [2.24, 2.45) is 40.2 Å². The summed E-state index contributed by atoms with van der Waals surface area (Å²) < 4.78 is 14.2. The highest BCUT2D eigenvalue weighted by molar-refractivity contribution is 5.27. The van der Waals surface area contributed by atoms with Crippen molar-refractivity contribution in [3.8, 4) is 0 Å². The lowest BCUT2D eigenvalue weighted by atomic mass is 9.43. The first-order chi connectivity index (χ1) is 11.7. The molecule has 0 bridgehead atoms. The van der Waals surface area contributed by atoms with Crippen LogP contribution in [0.25, 0.3) is 0 Å². The molecular weight excluding hydrogens is 317 g/mol. The van der Waals surface area contributed by atoms with Crippen LogP contribution in [0.1, 0.15) is 65.7 Å². The Hall–Kier alpha value is -0.450. The van der Waals surface area contributed by atoms with Gasteiger partial charge < -0.3 is 15.9 Å². The minimum absolute atomic E-state index is 0.0259. The highest BCUT2D eigenvalue weighted by atomic mass is 19.1. The largest absolute Gasteiger partial charge is 0.390 e. The third kappa shape index (κ3) is 2.33. The second-order valence-electron chi connectivity index (χ2n) is 9.93. The molecule has 0 aliphatic heterocycles. The molecule has 0 heterocycles. The number of aliphatic hydroxyl groups is 2. The van der Waals surface area contributed by atoms with E-state index in [1.807, 2.05) is 0 Å². The van der Waals surface area contributed by atoms with Gasteiger partial charge in [-0.15, -0.1) is 0 Å². The number of aliphatic hydroxyl groups excluding tert-OH is 2. The van der Waals surface area contributed by atoms with Crippen LogP contribution in [0.5, 0.6) is 0 Å². The summed E-state index contributed by atoms with van der Waals surface area (Å²) in [4.78, 5) is 0. The molecule has 0 spiro atoms. The molecule has 4 N–H and O–H groups in total. The molecule has 4 heteroatoms. The summed E-state index contributed by atoms with van der Waals surface area (Å²) in [5.74, 6) is 0.852. The van der Waals surface area contributed by atoms with Gasteiger partial charge in [-0.25, -0.2) is 4.39 Å². The van der Waals surface area contributed by atoms with Gasteiger partial charge in [0.25, 0.3) is 0 Å². The van der Waals surface area contributed by atoms with Crippen molar-refractivity contribution >= 4 is 0 Å². The van der Waals surface area contributed by atoms with Crippen LogP contribution >= 0.6 is 0 Å². The predicted molar refractivity (Wildman–Crippen MR) is 96.3 cm³/mol. The van der Waals surface area contributed by atoms with Crippen LogP contribution in [0, 0.1) is 34.5 Å². The van der Waals surface area contributed by atoms with Gasteiger partial charge in [-0.05, 0) is 91.9 Å². The zero-order valence-corrected chi connectivity index (χ0v) is 15.8. The average molecular weight is 352 g/mol. The van der Waals surface area contributed by atoms with Crippen LogP contribution in [-0.4, -0.2) is 28.5 Å². The first kappa shape index (κ1) is 17.9. The number of hydrogen-bond donors (Lipinski definition) is 3. The van der Waals surface area contributed by atoms with Crippen molar-refractivity contribution in [3.63, 3.8) is 0 Å². The predicted octanol–water partition coefficient (Wildman–Crippen LogP) is 3.54. The zero-order chi connectivity index (χ0) is 18.1. The van der Waals surface area contributed by atoms with Gasteiger partial charge in [0.1, 0.15) is 0 Å². The summed E-state index contributed by atoms with van der Waals surface area (Å²) in [7, 11) is 0. The minimum Gasteiger partial charge on any atom is -0.390 e. The van der Waals surface area contributed by atoms with Crippen molar-refractivity contribution in [1.29, 1.82) is 0 Å². The molecule has 0 aromatic rings. The van der Waals surface area contributed by atoms with E-state index >= 15 is 0 Å². The smallest absolute Gasteiger partial charge is 0.0966 e. The van der Waals surface area contributed by atoms with Gasteiger partial charge in [-0.3, -0.25) is 0 Å². The molecule has 4 aliphatic rings. The standard InChI is InChI=1S/C21H34FNO2/c1-11(22)13-4-5-14-17-15(7-9-20(13,14)2)21(3)8-6-12(23)10-16(21)18(24)19(17)25/h12,14-19,24-25H,4-10,23H2,1-3H3/b13-11+/t12-,14?,15?,16?,17?,18?,19-,20-,21-/m1/s1. The molecule has 4 saturated carbocycles. The number of nitrogens with two attached hydrogens (primary N) is 1. The molecule has 4 rings (SSSR count). The van der Waals surface area contributed by atoms with Crippen LogP contribution in [0.4, 0.5) is 4.39 Å². The maximum atomic E-state index is 14.2. The highest BCUT2D eigenvalue weighted by Crippen LogP contribution is 2.67. The van der Waals surface area contributed by atoms with E-state index in [0.717, 1.165) is 50.5 Å². The fourth-order valence-corrected chi connectivity index (χ4v) is 7.67. The van der Waals surface area contributed by atoms with Crippen molar-refractivity contribution in [2.45, 2.75) is 84.0 Å². The van der Waals surface area contributed by atoms with Gasteiger partial charge in [0.15, 0.2) is 0 Å². The molecule has 4 fully saturated rings. The molecule has 5 unspecified atom stereocenters. The van der Waals surface area contributed by atoms with E-state index in [9.17, 15) is 14.6 Å². The molecule has 0 radical (unpaired) electrons. The van der Waals surface area contributed by atoms with Crippen LogP contribution in [0.3, 0.4) is 0 Å². The maximum Gasteiger partial charge on any atom is 0.0966 e. The van der Waals surface area contributed by atoms with Gasteiger partial charge in [0.05, 0.1) is 18.0 Å². The van der Waals surface area contributed by atoms with Gasteiger partial charge >= 0.3 is 0 Å². The Morgan fingerprint density at radius 2 is 1.76 bits per heavy atom. The molecule has 0 aromatic carbocycles. The van der Waals surface area contributed by atoms with Gasteiger partial charge in [0.2, 0.25) is 0 Å². The molecule has 0 amide bonds. The Balaban J connectivity index is 1.73. The Kier molecular flexibility index (Phi) is 4.14. The van der Waals surface area contributed by atoms with Crippen LogP contribution in [-0.2, 0) is 0 Å². The fourth-order valence-electron chi connectivity index (χ4n) is 7.67. The fraction of sp³-hybridized carbons (Fsp3) is 0.905. The van der Waals surface area contributed by atoms with E-state index in [-0.39, 0.29) is 40.5 Å². The monoisotopic (exact) mass is 351 g/mol. The summed E-state index contributed by atoms with van der Waals surface area (Å²) in [6.07, 6.45) is 5.26. The van der Waals surface area contributed by atoms with E-state index in [2.05, 4.69) is 13.8 Å². The average Bonchev–Trinajstić information content (AvgIpc) is 2.91. The molecule has 4 aliphatic carbocycles. The van der Waals surface area contributed by atoms with Crippen molar-refractivity contribution in [1.82, 2.24) is 0 Å². The van der Waals surface area contributed by atoms with Crippen LogP contribution < -0.4 is 5.73 Å². The van der Waals surface area contributed by atoms with Gasteiger partial charge in [0, 0.05) is 6.04 Å². The summed E-state index contributed by atoms with van der Waals surface area (Å²) in [6.45, 7) is 6.11.